The monoisotopic (exact) mass is 477 g/mol. The predicted molar refractivity (Wildman–Crippen MR) is 124 cm³/mol. The van der Waals surface area contributed by atoms with Crippen LogP contribution in [0.2, 0.25) is 15.1 Å². The molecule has 0 atom stereocenters. The number of rotatable bonds is 8. The molecule has 1 N–H and O–H groups in total. The van der Waals surface area contributed by atoms with E-state index >= 15 is 0 Å². The molecular weight excluding hydrogens is 452 g/mol. The SMILES string of the molecule is CCOc1cc(CNC2CCCCC2)cc(Cl)c1OCc1ccc(Cl)cc1Cl.Cl. The number of hydrogen-bond acceptors (Lipinski definition) is 3. The molecule has 3 rings (SSSR count). The maximum atomic E-state index is 6.54. The summed E-state index contributed by atoms with van der Waals surface area (Å²) in [6, 6.07) is 9.87. The topological polar surface area (TPSA) is 30.5 Å². The Kier molecular flexibility index (Phi) is 10.2. The third-order valence-corrected chi connectivity index (χ3v) is 5.82. The van der Waals surface area contributed by atoms with Crippen LogP contribution in [-0.2, 0) is 13.2 Å². The lowest BCUT2D eigenvalue weighted by Crippen LogP contribution is -2.30. The Labute approximate surface area is 194 Å². The Morgan fingerprint density at radius 1 is 0.966 bits per heavy atom. The van der Waals surface area contributed by atoms with Crippen LogP contribution in [0, 0.1) is 0 Å². The molecule has 29 heavy (non-hydrogen) atoms. The largest absolute Gasteiger partial charge is 0.490 e. The molecule has 1 aliphatic rings. The normalized spacial score (nSPS) is 14.3. The van der Waals surface area contributed by atoms with Crippen molar-refractivity contribution < 1.29 is 9.47 Å². The van der Waals surface area contributed by atoms with Gasteiger partial charge in [-0.1, -0.05) is 60.1 Å². The van der Waals surface area contributed by atoms with Gasteiger partial charge in [0.15, 0.2) is 11.5 Å². The molecule has 1 fully saturated rings. The molecule has 7 heteroatoms. The summed E-state index contributed by atoms with van der Waals surface area (Å²) >= 11 is 18.7. The Morgan fingerprint density at radius 3 is 2.41 bits per heavy atom. The zero-order valence-electron chi connectivity index (χ0n) is 16.5. The highest BCUT2D eigenvalue weighted by Gasteiger charge is 2.16. The smallest absolute Gasteiger partial charge is 0.180 e. The van der Waals surface area contributed by atoms with E-state index in [0.717, 1.165) is 17.7 Å². The Morgan fingerprint density at radius 2 is 1.72 bits per heavy atom. The van der Waals surface area contributed by atoms with Gasteiger partial charge in [-0.3, -0.25) is 0 Å². The predicted octanol–water partition coefficient (Wildman–Crippen LogP) is 7.47. The lowest BCUT2D eigenvalue weighted by molar-refractivity contribution is 0.269. The van der Waals surface area contributed by atoms with E-state index < -0.39 is 0 Å². The van der Waals surface area contributed by atoms with Crippen LogP contribution in [0.4, 0.5) is 0 Å². The van der Waals surface area contributed by atoms with Crippen LogP contribution in [0.1, 0.15) is 50.2 Å². The molecule has 3 nitrogen and oxygen atoms in total. The van der Waals surface area contributed by atoms with E-state index in [4.69, 9.17) is 44.3 Å². The molecule has 0 saturated heterocycles. The van der Waals surface area contributed by atoms with Crippen molar-refractivity contribution in [3.05, 3.63) is 56.5 Å². The first-order valence-corrected chi connectivity index (χ1v) is 11.0. The number of halogens is 4. The van der Waals surface area contributed by atoms with Crippen molar-refractivity contribution in [2.45, 2.75) is 58.2 Å². The minimum Gasteiger partial charge on any atom is -0.490 e. The summed E-state index contributed by atoms with van der Waals surface area (Å²) in [7, 11) is 0. The first-order chi connectivity index (χ1) is 13.6. The number of hydrogen-bond donors (Lipinski definition) is 1. The van der Waals surface area contributed by atoms with Gasteiger partial charge < -0.3 is 14.8 Å². The zero-order valence-corrected chi connectivity index (χ0v) is 19.6. The van der Waals surface area contributed by atoms with E-state index in [1.165, 1.54) is 32.1 Å². The van der Waals surface area contributed by atoms with Crippen LogP contribution < -0.4 is 14.8 Å². The van der Waals surface area contributed by atoms with E-state index in [1.807, 2.05) is 25.1 Å². The zero-order chi connectivity index (χ0) is 19.9. The average Bonchev–Trinajstić information content (AvgIpc) is 2.68. The first kappa shape index (κ1) is 24.4. The minimum atomic E-state index is 0. The van der Waals surface area contributed by atoms with Crippen LogP contribution >= 0.6 is 47.2 Å². The van der Waals surface area contributed by atoms with Gasteiger partial charge in [0.1, 0.15) is 6.61 Å². The van der Waals surface area contributed by atoms with Crippen molar-refractivity contribution in [1.82, 2.24) is 5.32 Å². The van der Waals surface area contributed by atoms with Crippen molar-refractivity contribution in [2.24, 2.45) is 0 Å². The lowest BCUT2D eigenvalue weighted by Gasteiger charge is -2.23. The fourth-order valence-electron chi connectivity index (χ4n) is 3.48. The third-order valence-electron chi connectivity index (χ3n) is 4.96. The van der Waals surface area contributed by atoms with Gasteiger partial charge in [0.05, 0.1) is 11.6 Å². The van der Waals surface area contributed by atoms with Crippen molar-refractivity contribution in [3.63, 3.8) is 0 Å². The summed E-state index contributed by atoms with van der Waals surface area (Å²) in [6.45, 7) is 3.54. The van der Waals surface area contributed by atoms with E-state index in [9.17, 15) is 0 Å². The summed E-state index contributed by atoms with van der Waals surface area (Å²) in [5, 5.41) is 5.34. The summed E-state index contributed by atoms with van der Waals surface area (Å²) in [5.41, 5.74) is 1.93. The molecule has 160 valence electrons. The van der Waals surface area contributed by atoms with Crippen molar-refractivity contribution >= 4 is 47.2 Å². The van der Waals surface area contributed by atoms with E-state index in [0.29, 0.717) is 39.2 Å². The molecule has 0 spiro atoms. The second-order valence-electron chi connectivity index (χ2n) is 7.08. The van der Waals surface area contributed by atoms with Gasteiger partial charge in [-0.25, -0.2) is 0 Å². The van der Waals surface area contributed by atoms with Gasteiger partial charge in [0.25, 0.3) is 0 Å². The minimum absolute atomic E-state index is 0. The van der Waals surface area contributed by atoms with Crippen LogP contribution in [0.15, 0.2) is 30.3 Å². The first-order valence-electron chi connectivity index (χ1n) is 9.82. The lowest BCUT2D eigenvalue weighted by atomic mass is 9.95. The molecule has 1 saturated carbocycles. The van der Waals surface area contributed by atoms with Crippen LogP contribution in [0.3, 0.4) is 0 Å². The van der Waals surface area contributed by atoms with Gasteiger partial charge in [-0.2, -0.15) is 0 Å². The van der Waals surface area contributed by atoms with Crippen LogP contribution in [0.25, 0.3) is 0 Å². The molecule has 0 heterocycles. The van der Waals surface area contributed by atoms with E-state index in [-0.39, 0.29) is 19.0 Å². The number of benzene rings is 2. The maximum absolute atomic E-state index is 6.54. The fraction of sp³-hybridized carbons (Fsp3) is 0.455. The second-order valence-corrected chi connectivity index (χ2v) is 8.33. The van der Waals surface area contributed by atoms with E-state index in [1.54, 1.807) is 12.1 Å². The summed E-state index contributed by atoms with van der Waals surface area (Å²) < 4.78 is 11.8. The van der Waals surface area contributed by atoms with E-state index in [2.05, 4.69) is 5.32 Å². The second kappa shape index (κ2) is 12.1. The molecule has 0 unspecified atom stereocenters. The molecule has 0 bridgehead atoms. The van der Waals surface area contributed by atoms with Gasteiger partial charge in [-0.15, -0.1) is 12.4 Å². The third kappa shape index (κ3) is 7.11. The molecular formula is C22H27Cl4NO2. The highest BCUT2D eigenvalue weighted by molar-refractivity contribution is 6.35. The van der Waals surface area contributed by atoms with Gasteiger partial charge in [0.2, 0.25) is 0 Å². The Hall–Kier alpha value is -0.840. The summed E-state index contributed by atoms with van der Waals surface area (Å²) in [5.74, 6) is 1.19. The van der Waals surface area contributed by atoms with Gasteiger partial charge in [0, 0.05) is 28.2 Å². The highest BCUT2D eigenvalue weighted by Crippen LogP contribution is 2.38. The average molecular weight is 479 g/mol. The molecule has 0 aliphatic heterocycles. The fourth-order valence-corrected chi connectivity index (χ4v) is 4.23. The van der Waals surface area contributed by atoms with Gasteiger partial charge in [-0.05, 0) is 49.6 Å². The van der Waals surface area contributed by atoms with Crippen molar-refractivity contribution in [3.8, 4) is 11.5 Å². The van der Waals surface area contributed by atoms with Crippen molar-refractivity contribution in [2.75, 3.05) is 6.61 Å². The highest BCUT2D eigenvalue weighted by atomic mass is 35.5. The van der Waals surface area contributed by atoms with Gasteiger partial charge >= 0.3 is 0 Å². The molecule has 0 aromatic heterocycles. The molecule has 2 aromatic rings. The summed E-state index contributed by atoms with van der Waals surface area (Å²) in [4.78, 5) is 0. The quantitative estimate of drug-likeness (QED) is 0.426. The molecule has 1 aliphatic carbocycles. The molecule has 2 aromatic carbocycles. The molecule has 0 amide bonds. The maximum Gasteiger partial charge on any atom is 0.180 e. The Balaban J connectivity index is 0.00000300. The number of nitrogens with one attached hydrogen (secondary N) is 1. The molecule has 0 radical (unpaired) electrons. The van der Waals surface area contributed by atoms with Crippen LogP contribution in [0.5, 0.6) is 11.5 Å². The number of ether oxygens (including phenoxy) is 2. The summed E-state index contributed by atoms with van der Waals surface area (Å²) in [6.07, 6.45) is 6.46. The standard InChI is InChI=1S/C22H26Cl3NO2.ClH/c1-2-27-21-11-15(13-26-18-6-4-3-5-7-18)10-20(25)22(21)28-14-16-8-9-17(23)12-19(16)24;/h8-12,18,26H,2-7,13-14H2,1H3;1H. The van der Waals surface area contributed by atoms with Crippen molar-refractivity contribution in [1.29, 1.82) is 0 Å². The Bertz CT molecular complexity index is 795. The van der Waals surface area contributed by atoms with Crippen LogP contribution in [-0.4, -0.2) is 12.6 Å².